The Morgan fingerprint density at radius 2 is 2.14 bits per heavy atom. The van der Waals surface area contributed by atoms with Gasteiger partial charge < -0.3 is 10.6 Å². The van der Waals surface area contributed by atoms with Gasteiger partial charge in [-0.15, -0.1) is 12.4 Å². The van der Waals surface area contributed by atoms with Crippen LogP contribution in [-0.2, 0) is 11.2 Å². The number of hydrogen-bond acceptors (Lipinski definition) is 2. The third-order valence-corrected chi connectivity index (χ3v) is 4.98. The molecule has 2 unspecified atom stereocenters. The summed E-state index contributed by atoms with van der Waals surface area (Å²) in [6.45, 7) is 3.01. The van der Waals surface area contributed by atoms with Crippen molar-refractivity contribution >= 4 is 18.3 Å². The average Bonchev–Trinajstić information content (AvgIpc) is 3.04. The first-order valence-corrected chi connectivity index (χ1v) is 8.38. The first-order valence-electron chi connectivity index (χ1n) is 8.38. The number of hydrogen-bond donors (Lipinski definition) is 2. The summed E-state index contributed by atoms with van der Waals surface area (Å²) in [6, 6.07) is 8.70. The van der Waals surface area contributed by atoms with E-state index < -0.39 is 0 Å². The number of aryl methyl sites for hydroxylation is 1. The molecule has 1 amide bonds. The van der Waals surface area contributed by atoms with Crippen LogP contribution in [0.5, 0.6) is 0 Å². The molecule has 2 N–H and O–H groups in total. The van der Waals surface area contributed by atoms with Crippen LogP contribution in [0.2, 0.25) is 0 Å². The lowest BCUT2D eigenvalue weighted by atomic mass is 9.83. The lowest BCUT2D eigenvalue weighted by Crippen LogP contribution is -2.30. The summed E-state index contributed by atoms with van der Waals surface area (Å²) >= 11 is 0. The zero-order valence-electron chi connectivity index (χ0n) is 13.1. The minimum absolute atomic E-state index is 0. The molecule has 2 aliphatic rings. The predicted octanol–water partition coefficient (Wildman–Crippen LogP) is 3.03. The molecule has 22 heavy (non-hydrogen) atoms. The van der Waals surface area contributed by atoms with Crippen molar-refractivity contribution in [2.45, 2.75) is 44.4 Å². The molecule has 1 aliphatic heterocycles. The van der Waals surface area contributed by atoms with E-state index in [0.29, 0.717) is 18.3 Å². The molecule has 0 spiro atoms. The molecule has 1 heterocycles. The van der Waals surface area contributed by atoms with Gasteiger partial charge in [0, 0.05) is 18.9 Å². The van der Waals surface area contributed by atoms with E-state index in [9.17, 15) is 4.79 Å². The van der Waals surface area contributed by atoms with Crippen molar-refractivity contribution in [3.63, 3.8) is 0 Å². The molecule has 1 aromatic rings. The first kappa shape index (κ1) is 17.3. The van der Waals surface area contributed by atoms with Crippen LogP contribution in [0.25, 0.3) is 0 Å². The van der Waals surface area contributed by atoms with E-state index in [2.05, 4.69) is 34.9 Å². The van der Waals surface area contributed by atoms with Gasteiger partial charge in [-0.05, 0) is 62.2 Å². The van der Waals surface area contributed by atoms with E-state index in [1.807, 2.05) is 0 Å². The van der Waals surface area contributed by atoms with E-state index in [1.165, 1.54) is 36.8 Å². The molecule has 1 saturated heterocycles. The van der Waals surface area contributed by atoms with Gasteiger partial charge in [-0.25, -0.2) is 0 Å². The zero-order chi connectivity index (χ0) is 14.5. The summed E-state index contributed by atoms with van der Waals surface area (Å²) in [5.74, 6) is 1.43. The smallest absolute Gasteiger partial charge is 0.220 e. The maximum atomic E-state index is 12.0. The second kappa shape index (κ2) is 8.54. The van der Waals surface area contributed by atoms with Gasteiger partial charge in [-0.2, -0.15) is 0 Å². The van der Waals surface area contributed by atoms with Crippen molar-refractivity contribution in [2.24, 2.45) is 5.92 Å². The molecule has 0 radical (unpaired) electrons. The Morgan fingerprint density at radius 1 is 1.27 bits per heavy atom. The van der Waals surface area contributed by atoms with E-state index >= 15 is 0 Å². The van der Waals surface area contributed by atoms with Crippen LogP contribution in [0.1, 0.15) is 49.1 Å². The fourth-order valence-corrected chi connectivity index (χ4v) is 3.69. The van der Waals surface area contributed by atoms with Gasteiger partial charge >= 0.3 is 0 Å². The molecular formula is C18H27ClN2O. The fourth-order valence-electron chi connectivity index (χ4n) is 3.69. The molecular weight excluding hydrogens is 296 g/mol. The molecule has 122 valence electrons. The van der Waals surface area contributed by atoms with Gasteiger partial charge in [-0.1, -0.05) is 24.3 Å². The highest BCUT2D eigenvalue weighted by Gasteiger charge is 2.20. The second-order valence-corrected chi connectivity index (χ2v) is 6.49. The second-order valence-electron chi connectivity index (χ2n) is 6.49. The number of carbonyl (C=O) groups excluding carboxylic acids is 1. The first-order chi connectivity index (χ1) is 10.3. The van der Waals surface area contributed by atoms with Crippen LogP contribution < -0.4 is 10.6 Å². The van der Waals surface area contributed by atoms with Gasteiger partial charge in [0.15, 0.2) is 0 Å². The average molecular weight is 323 g/mol. The van der Waals surface area contributed by atoms with E-state index in [1.54, 1.807) is 0 Å². The molecule has 0 aromatic heterocycles. The number of nitrogens with one attached hydrogen (secondary N) is 2. The van der Waals surface area contributed by atoms with Gasteiger partial charge in [0.25, 0.3) is 0 Å². The number of carbonyl (C=O) groups is 1. The molecule has 0 bridgehead atoms. The summed E-state index contributed by atoms with van der Waals surface area (Å²) in [4.78, 5) is 12.0. The molecule has 4 heteroatoms. The van der Waals surface area contributed by atoms with Crippen molar-refractivity contribution in [3.05, 3.63) is 35.4 Å². The van der Waals surface area contributed by atoms with Crippen LogP contribution in [0.15, 0.2) is 24.3 Å². The van der Waals surface area contributed by atoms with Crippen molar-refractivity contribution in [3.8, 4) is 0 Å². The SMILES string of the molecule is Cl.O=C(CCC1CCNC1)NCC1CCCc2ccccc21. The van der Waals surface area contributed by atoms with Gasteiger partial charge in [-0.3, -0.25) is 4.79 Å². The third kappa shape index (κ3) is 4.47. The summed E-state index contributed by atoms with van der Waals surface area (Å²) in [7, 11) is 0. The summed E-state index contributed by atoms with van der Waals surface area (Å²) in [6.07, 6.45) is 6.56. The topological polar surface area (TPSA) is 41.1 Å². The summed E-state index contributed by atoms with van der Waals surface area (Å²) < 4.78 is 0. The lowest BCUT2D eigenvalue weighted by Gasteiger charge is -2.25. The predicted molar refractivity (Wildman–Crippen MR) is 92.6 cm³/mol. The molecule has 0 saturated carbocycles. The third-order valence-electron chi connectivity index (χ3n) is 4.98. The minimum atomic E-state index is 0. The summed E-state index contributed by atoms with van der Waals surface area (Å²) in [5, 5.41) is 6.52. The number of halogens is 1. The number of benzene rings is 1. The van der Waals surface area contributed by atoms with E-state index in [0.717, 1.165) is 26.1 Å². The van der Waals surface area contributed by atoms with Crippen LogP contribution >= 0.6 is 12.4 Å². The van der Waals surface area contributed by atoms with Crippen molar-refractivity contribution in [1.29, 1.82) is 0 Å². The Balaban J connectivity index is 0.00000176. The highest BCUT2D eigenvalue weighted by Crippen LogP contribution is 2.30. The van der Waals surface area contributed by atoms with E-state index in [-0.39, 0.29) is 18.3 Å². The minimum Gasteiger partial charge on any atom is -0.355 e. The maximum Gasteiger partial charge on any atom is 0.220 e. The Morgan fingerprint density at radius 3 is 2.95 bits per heavy atom. The maximum absolute atomic E-state index is 12.0. The Bertz CT molecular complexity index is 486. The molecule has 1 aliphatic carbocycles. The van der Waals surface area contributed by atoms with Gasteiger partial charge in [0.05, 0.1) is 0 Å². The van der Waals surface area contributed by atoms with Gasteiger partial charge in [0.2, 0.25) is 5.91 Å². The number of rotatable bonds is 5. The Hall–Kier alpha value is -1.06. The monoisotopic (exact) mass is 322 g/mol. The van der Waals surface area contributed by atoms with Crippen molar-refractivity contribution in [1.82, 2.24) is 10.6 Å². The lowest BCUT2D eigenvalue weighted by molar-refractivity contribution is -0.121. The fraction of sp³-hybridized carbons (Fsp3) is 0.611. The normalized spacial score (nSPS) is 23.5. The number of fused-ring (bicyclic) bond motifs is 1. The van der Waals surface area contributed by atoms with Gasteiger partial charge in [0.1, 0.15) is 0 Å². The Labute approximate surface area is 139 Å². The van der Waals surface area contributed by atoms with Crippen molar-refractivity contribution < 1.29 is 4.79 Å². The molecule has 3 rings (SSSR count). The zero-order valence-corrected chi connectivity index (χ0v) is 14.0. The largest absolute Gasteiger partial charge is 0.355 e. The van der Waals surface area contributed by atoms with Crippen LogP contribution in [0, 0.1) is 5.92 Å². The molecule has 2 atom stereocenters. The van der Waals surface area contributed by atoms with Crippen LogP contribution in [0.4, 0.5) is 0 Å². The van der Waals surface area contributed by atoms with E-state index in [4.69, 9.17) is 0 Å². The Kier molecular flexibility index (Phi) is 6.71. The molecule has 1 aromatic carbocycles. The highest BCUT2D eigenvalue weighted by molar-refractivity contribution is 5.85. The van der Waals surface area contributed by atoms with Crippen molar-refractivity contribution in [2.75, 3.05) is 19.6 Å². The highest BCUT2D eigenvalue weighted by atomic mass is 35.5. The van der Waals surface area contributed by atoms with Crippen LogP contribution in [0.3, 0.4) is 0 Å². The number of amides is 1. The summed E-state index contributed by atoms with van der Waals surface area (Å²) in [5.41, 5.74) is 2.92. The standard InChI is InChI=1S/C18H26N2O.ClH/c21-18(9-8-14-10-11-19-12-14)20-13-16-6-3-5-15-4-1-2-7-17(15)16;/h1-2,4,7,14,16,19H,3,5-6,8-13H2,(H,20,21);1H. The molecule has 1 fully saturated rings. The van der Waals surface area contributed by atoms with Crippen LogP contribution in [-0.4, -0.2) is 25.5 Å². The quantitative estimate of drug-likeness (QED) is 0.875. The molecule has 3 nitrogen and oxygen atoms in total.